The first kappa shape index (κ1) is 29.3. The molecule has 0 unspecified atom stereocenters. The predicted molar refractivity (Wildman–Crippen MR) is 137 cm³/mol. The van der Waals surface area contributed by atoms with Crippen LogP contribution in [0.4, 0.5) is 0 Å². The quantitative estimate of drug-likeness (QED) is 0.275. The van der Waals surface area contributed by atoms with Gasteiger partial charge in [0.05, 0.1) is 0 Å². The van der Waals surface area contributed by atoms with Crippen molar-refractivity contribution in [3.8, 4) is 0 Å². The number of hydrogen-bond acceptors (Lipinski definition) is 0. The molecule has 168 valence electrons. The molecule has 3 heteroatoms. The second-order valence-electron chi connectivity index (χ2n) is 11.9. The molecule has 0 nitrogen and oxygen atoms in total. The van der Waals surface area contributed by atoms with Crippen LogP contribution < -0.4 is 0 Å². The number of rotatable bonds is 2. The molecule has 2 aliphatic carbocycles. The van der Waals surface area contributed by atoms with E-state index in [4.69, 9.17) is 0 Å². The summed E-state index contributed by atoms with van der Waals surface area (Å²) in [7, 11) is -0.0905. The van der Waals surface area contributed by atoms with Crippen LogP contribution in [0.1, 0.15) is 95.9 Å². The minimum Gasteiger partial charge on any atom is -0.0801 e. The van der Waals surface area contributed by atoms with Gasteiger partial charge in [-0.2, -0.15) is 0 Å². The van der Waals surface area contributed by atoms with Crippen LogP contribution in [0.3, 0.4) is 0 Å². The third kappa shape index (κ3) is 9.16. The van der Waals surface area contributed by atoms with Gasteiger partial charge in [0, 0.05) is 17.1 Å². The monoisotopic (exact) mass is 476 g/mol. The van der Waals surface area contributed by atoms with Gasteiger partial charge in [0.1, 0.15) is 0 Å². The molecule has 0 spiro atoms. The van der Waals surface area contributed by atoms with Gasteiger partial charge in [-0.3, -0.25) is 0 Å². The van der Waals surface area contributed by atoms with Crippen LogP contribution in [0.5, 0.6) is 0 Å². The molecule has 29 heavy (non-hydrogen) atoms. The summed E-state index contributed by atoms with van der Waals surface area (Å²) in [6.07, 6.45) is 16.0. The summed E-state index contributed by atoms with van der Waals surface area (Å²) in [4.78, 5) is 0. The predicted octanol–water partition coefficient (Wildman–Crippen LogP) is 9.82. The summed E-state index contributed by atoms with van der Waals surface area (Å²) in [5, 5.41) is 5.02. The Balaban J connectivity index is 0.000000523. The molecule has 0 bridgehead atoms. The van der Waals surface area contributed by atoms with Crippen molar-refractivity contribution in [3.63, 3.8) is 0 Å². The molecular weight excluding hydrogens is 430 g/mol. The summed E-state index contributed by atoms with van der Waals surface area (Å²) in [6, 6.07) is 0. The molecule has 2 rings (SSSR count). The maximum atomic E-state index is 2.38. The summed E-state index contributed by atoms with van der Waals surface area (Å²) in [5.74, 6) is 0. The maximum Gasteiger partial charge on any atom is 0 e. The van der Waals surface area contributed by atoms with Crippen LogP contribution in [0.15, 0.2) is 47.1 Å². The first-order valence-electron chi connectivity index (χ1n) is 10.8. The molecule has 0 heterocycles. The Morgan fingerprint density at radius 2 is 0.759 bits per heavy atom. The van der Waals surface area contributed by atoms with Crippen molar-refractivity contribution in [2.24, 2.45) is 0 Å². The fourth-order valence-corrected chi connectivity index (χ4v) is 13.5. The Kier molecular flexibility index (Phi) is 10.9. The van der Waals surface area contributed by atoms with Gasteiger partial charge in [-0.05, 0) is 44.1 Å². The Bertz CT molecular complexity index is 552. The molecule has 0 aromatic carbocycles. The summed E-state index contributed by atoms with van der Waals surface area (Å²) in [6.45, 7) is 28.5. The van der Waals surface area contributed by atoms with Gasteiger partial charge in [0.25, 0.3) is 0 Å². The molecule has 0 saturated heterocycles. The first-order chi connectivity index (χ1) is 12.5. The zero-order valence-corrected chi connectivity index (χ0v) is 24.0. The van der Waals surface area contributed by atoms with E-state index in [1.165, 1.54) is 12.8 Å². The molecule has 0 amide bonds. The molecular formula is C26H46FeP2. The van der Waals surface area contributed by atoms with Gasteiger partial charge in [-0.15, -0.1) is 0 Å². The first-order valence-corrected chi connectivity index (χ1v) is 13.5. The Labute approximate surface area is 196 Å². The van der Waals surface area contributed by atoms with Gasteiger partial charge in [-0.25, -0.2) is 0 Å². The van der Waals surface area contributed by atoms with Crippen molar-refractivity contribution in [2.75, 3.05) is 0 Å². The van der Waals surface area contributed by atoms with E-state index in [2.05, 4.69) is 120 Å². The van der Waals surface area contributed by atoms with Crippen molar-refractivity contribution in [1.29, 1.82) is 0 Å². The number of allylic oxidation sites excluding steroid dienone is 8. The van der Waals surface area contributed by atoms with Crippen molar-refractivity contribution in [2.45, 2.75) is 117 Å². The standard InChI is InChI=1S/2C13H23P.Fe/c2*1-12(2,3)14(13(4,5)6)11-9-7-8-10-11;/h2*7-9H,10H2,1-6H3;. The van der Waals surface area contributed by atoms with E-state index in [1.54, 1.807) is 10.6 Å². The van der Waals surface area contributed by atoms with E-state index in [0.29, 0.717) is 20.6 Å². The molecule has 0 saturated carbocycles. The topological polar surface area (TPSA) is 0 Å². The van der Waals surface area contributed by atoms with Crippen LogP contribution >= 0.6 is 15.8 Å². The van der Waals surface area contributed by atoms with E-state index in [1.807, 2.05) is 0 Å². The van der Waals surface area contributed by atoms with Gasteiger partial charge in [0.15, 0.2) is 0 Å². The average Bonchev–Trinajstić information content (AvgIpc) is 3.06. The maximum absolute atomic E-state index is 2.38. The Morgan fingerprint density at radius 3 is 0.897 bits per heavy atom. The van der Waals surface area contributed by atoms with E-state index in [9.17, 15) is 0 Å². The Morgan fingerprint density at radius 1 is 0.517 bits per heavy atom. The fourth-order valence-electron chi connectivity index (χ4n) is 4.94. The summed E-state index contributed by atoms with van der Waals surface area (Å²) < 4.78 is 0. The minimum atomic E-state index is -0.0453. The van der Waals surface area contributed by atoms with E-state index in [0.717, 1.165) is 0 Å². The van der Waals surface area contributed by atoms with Gasteiger partial charge in [-0.1, -0.05) is 135 Å². The van der Waals surface area contributed by atoms with Crippen molar-refractivity contribution < 1.29 is 17.1 Å². The fraction of sp³-hybridized carbons (Fsp3) is 0.692. The van der Waals surface area contributed by atoms with Crippen LogP contribution in [0, 0.1) is 0 Å². The molecule has 0 aromatic rings. The van der Waals surface area contributed by atoms with Gasteiger partial charge < -0.3 is 0 Å². The zero-order chi connectivity index (χ0) is 22.0. The van der Waals surface area contributed by atoms with Crippen LogP contribution in [-0.4, -0.2) is 20.6 Å². The van der Waals surface area contributed by atoms with Gasteiger partial charge >= 0.3 is 0 Å². The van der Waals surface area contributed by atoms with Crippen LogP contribution in [-0.2, 0) is 17.1 Å². The molecule has 0 radical (unpaired) electrons. The van der Waals surface area contributed by atoms with Crippen LogP contribution in [0.2, 0.25) is 0 Å². The Hall–Kier alpha value is 0.339. The summed E-state index contributed by atoms with van der Waals surface area (Å²) in [5.41, 5.74) is 0. The average molecular weight is 476 g/mol. The SMILES string of the molecule is CC(C)(C)P(C1=CC=CC1)C(C)(C)C.CC(C)(C)P(C1=CC=CC1)C(C)(C)C.[Fe]. The largest absolute Gasteiger partial charge is 0.0801 e. The molecule has 0 atom stereocenters. The molecule has 0 aliphatic heterocycles. The normalized spacial score (nSPS) is 17.2. The van der Waals surface area contributed by atoms with E-state index < -0.39 is 0 Å². The number of hydrogen-bond donors (Lipinski definition) is 0. The second kappa shape index (κ2) is 10.8. The van der Waals surface area contributed by atoms with Gasteiger partial charge in [0.2, 0.25) is 0 Å². The van der Waals surface area contributed by atoms with Crippen LogP contribution in [0.25, 0.3) is 0 Å². The van der Waals surface area contributed by atoms with Crippen molar-refractivity contribution in [3.05, 3.63) is 47.1 Å². The van der Waals surface area contributed by atoms with Crippen molar-refractivity contribution in [1.82, 2.24) is 0 Å². The third-order valence-corrected chi connectivity index (χ3v) is 11.9. The smallest absolute Gasteiger partial charge is 0 e. The molecule has 0 N–H and O–H groups in total. The zero-order valence-electron chi connectivity index (χ0n) is 21.1. The molecule has 0 fully saturated rings. The molecule has 0 aromatic heterocycles. The van der Waals surface area contributed by atoms with E-state index in [-0.39, 0.29) is 32.9 Å². The third-order valence-electron chi connectivity index (χ3n) is 4.76. The molecule has 2 aliphatic rings. The van der Waals surface area contributed by atoms with Crippen molar-refractivity contribution >= 4 is 15.8 Å². The minimum absolute atomic E-state index is 0. The van der Waals surface area contributed by atoms with E-state index >= 15 is 0 Å². The summed E-state index contributed by atoms with van der Waals surface area (Å²) >= 11 is 0. The second-order valence-corrected chi connectivity index (χ2v) is 19.8.